The van der Waals surface area contributed by atoms with Crippen LogP contribution in [0.15, 0.2) is 48.5 Å². The molecular formula is C22H28N4O3. The van der Waals surface area contributed by atoms with Crippen LogP contribution >= 0.6 is 0 Å². The Morgan fingerprint density at radius 1 is 1.00 bits per heavy atom. The molecule has 0 saturated carbocycles. The summed E-state index contributed by atoms with van der Waals surface area (Å²) in [7, 11) is 0. The number of hydrogen-bond donors (Lipinski definition) is 4. The number of anilines is 1. The molecule has 154 valence electrons. The number of nitrogens with two attached hydrogens (primary N) is 1. The molecule has 7 heteroatoms. The van der Waals surface area contributed by atoms with Gasteiger partial charge in [-0.1, -0.05) is 43.3 Å². The predicted molar refractivity (Wildman–Crippen MR) is 114 cm³/mol. The molecule has 0 fully saturated rings. The van der Waals surface area contributed by atoms with E-state index < -0.39 is 12.1 Å². The van der Waals surface area contributed by atoms with E-state index in [1.54, 1.807) is 24.3 Å². The molecule has 2 atom stereocenters. The highest BCUT2D eigenvalue weighted by atomic mass is 16.2. The highest BCUT2D eigenvalue weighted by molar-refractivity contribution is 6.04. The number of primary amides is 1. The first kappa shape index (κ1) is 21.9. The van der Waals surface area contributed by atoms with Crippen LogP contribution in [0.5, 0.6) is 0 Å². The van der Waals surface area contributed by atoms with Crippen LogP contribution in [-0.2, 0) is 4.79 Å². The minimum absolute atomic E-state index is 0.0187. The third-order valence-corrected chi connectivity index (χ3v) is 4.71. The average molecular weight is 396 g/mol. The van der Waals surface area contributed by atoms with Crippen LogP contribution in [0.25, 0.3) is 0 Å². The zero-order valence-corrected chi connectivity index (χ0v) is 17.0. The summed E-state index contributed by atoms with van der Waals surface area (Å²) in [5, 5.41) is 8.30. The normalized spacial score (nSPS) is 12.5. The number of aryl methyl sites for hydroxylation is 1. The van der Waals surface area contributed by atoms with Crippen LogP contribution in [0.4, 0.5) is 10.5 Å². The Kier molecular flexibility index (Phi) is 7.77. The van der Waals surface area contributed by atoms with E-state index in [4.69, 9.17) is 5.73 Å². The number of para-hydroxylation sites is 1. The van der Waals surface area contributed by atoms with E-state index in [9.17, 15) is 14.4 Å². The van der Waals surface area contributed by atoms with Gasteiger partial charge in [0.25, 0.3) is 5.91 Å². The summed E-state index contributed by atoms with van der Waals surface area (Å²) < 4.78 is 0. The summed E-state index contributed by atoms with van der Waals surface area (Å²) in [6.45, 7) is 5.80. The first-order valence-electron chi connectivity index (χ1n) is 9.63. The number of benzene rings is 2. The zero-order chi connectivity index (χ0) is 21.4. The van der Waals surface area contributed by atoms with Crippen molar-refractivity contribution in [2.24, 2.45) is 5.73 Å². The lowest BCUT2D eigenvalue weighted by molar-refractivity contribution is -0.116. The maximum atomic E-state index is 12.7. The number of amides is 4. The highest BCUT2D eigenvalue weighted by Gasteiger charge is 2.21. The second-order valence-electron chi connectivity index (χ2n) is 7.00. The summed E-state index contributed by atoms with van der Waals surface area (Å²) in [6, 6.07) is 13.0. The Labute approximate surface area is 171 Å². The van der Waals surface area contributed by atoms with Gasteiger partial charge in [0.1, 0.15) is 0 Å². The van der Waals surface area contributed by atoms with Crippen molar-refractivity contribution in [2.45, 2.75) is 45.7 Å². The summed E-state index contributed by atoms with van der Waals surface area (Å²) in [6.07, 6.45) is 0.784. The first-order chi connectivity index (χ1) is 13.8. The fraction of sp³-hybridized carbons (Fsp3) is 0.318. The van der Waals surface area contributed by atoms with Crippen LogP contribution in [0, 0.1) is 6.92 Å². The maximum Gasteiger partial charge on any atom is 0.312 e. The monoisotopic (exact) mass is 396 g/mol. The largest absolute Gasteiger partial charge is 0.352 e. The fourth-order valence-electron chi connectivity index (χ4n) is 2.97. The number of carbonyl (C=O) groups is 3. The van der Waals surface area contributed by atoms with Crippen LogP contribution in [0.3, 0.4) is 0 Å². The Morgan fingerprint density at radius 2 is 1.66 bits per heavy atom. The van der Waals surface area contributed by atoms with E-state index in [0.29, 0.717) is 11.3 Å². The van der Waals surface area contributed by atoms with Crippen molar-refractivity contribution in [3.8, 4) is 0 Å². The van der Waals surface area contributed by atoms with Crippen molar-refractivity contribution in [1.29, 1.82) is 0 Å². The van der Waals surface area contributed by atoms with Gasteiger partial charge < -0.3 is 21.7 Å². The Balaban J connectivity index is 2.17. The van der Waals surface area contributed by atoms with Gasteiger partial charge in [-0.25, -0.2) is 4.79 Å². The summed E-state index contributed by atoms with van der Waals surface area (Å²) in [5.41, 5.74) is 7.85. The summed E-state index contributed by atoms with van der Waals surface area (Å²) in [5.74, 6) is -0.586. The highest BCUT2D eigenvalue weighted by Crippen LogP contribution is 2.22. The minimum Gasteiger partial charge on any atom is -0.352 e. The zero-order valence-electron chi connectivity index (χ0n) is 17.0. The van der Waals surface area contributed by atoms with Crippen molar-refractivity contribution >= 4 is 23.5 Å². The van der Waals surface area contributed by atoms with Gasteiger partial charge in [0, 0.05) is 6.04 Å². The molecule has 0 unspecified atom stereocenters. The molecule has 4 amide bonds. The van der Waals surface area contributed by atoms with Gasteiger partial charge in [0.15, 0.2) is 0 Å². The second kappa shape index (κ2) is 10.3. The third kappa shape index (κ3) is 6.34. The molecular weight excluding hydrogens is 368 g/mol. The van der Waals surface area contributed by atoms with E-state index in [2.05, 4.69) is 16.0 Å². The number of rotatable bonds is 8. The molecule has 0 saturated heterocycles. The van der Waals surface area contributed by atoms with Gasteiger partial charge >= 0.3 is 6.03 Å². The molecule has 0 bridgehead atoms. The standard InChI is InChI=1S/C22H28N4O3/c1-4-15(3)24-21(28)17-11-7-8-12-18(17)25-20(27)13-19(26-22(23)29)16-10-6-5-9-14(16)2/h5-12,15,19H,4,13H2,1-3H3,(H,24,28)(H,25,27)(H3,23,26,29)/t15-,19-/m1/s1. The van der Waals surface area contributed by atoms with Crippen molar-refractivity contribution in [2.75, 3.05) is 5.32 Å². The van der Waals surface area contributed by atoms with E-state index in [0.717, 1.165) is 17.5 Å². The van der Waals surface area contributed by atoms with Crippen molar-refractivity contribution in [1.82, 2.24) is 10.6 Å². The van der Waals surface area contributed by atoms with Crippen LogP contribution < -0.4 is 21.7 Å². The number of urea groups is 1. The molecule has 0 radical (unpaired) electrons. The predicted octanol–water partition coefficient (Wildman–Crippen LogP) is 3.26. The second-order valence-corrected chi connectivity index (χ2v) is 7.00. The lowest BCUT2D eigenvalue weighted by Gasteiger charge is -2.20. The fourth-order valence-corrected chi connectivity index (χ4v) is 2.97. The molecule has 0 spiro atoms. The summed E-state index contributed by atoms with van der Waals surface area (Å²) in [4.78, 5) is 36.7. The molecule has 7 nitrogen and oxygen atoms in total. The van der Waals surface area contributed by atoms with Gasteiger partial charge in [0.2, 0.25) is 5.91 Å². The Hall–Kier alpha value is -3.35. The van der Waals surface area contributed by atoms with Crippen LogP contribution in [-0.4, -0.2) is 23.9 Å². The lowest BCUT2D eigenvalue weighted by Crippen LogP contribution is -2.36. The Bertz CT molecular complexity index is 882. The first-order valence-corrected chi connectivity index (χ1v) is 9.63. The van der Waals surface area contributed by atoms with Gasteiger partial charge in [-0.3, -0.25) is 9.59 Å². The van der Waals surface area contributed by atoms with Gasteiger partial charge in [0.05, 0.1) is 23.7 Å². The number of nitrogens with one attached hydrogen (secondary N) is 3. The van der Waals surface area contributed by atoms with Crippen molar-refractivity contribution < 1.29 is 14.4 Å². The molecule has 2 aromatic carbocycles. The average Bonchev–Trinajstić information content (AvgIpc) is 2.67. The molecule has 29 heavy (non-hydrogen) atoms. The molecule has 0 heterocycles. The van der Waals surface area contributed by atoms with Gasteiger partial charge in [-0.15, -0.1) is 0 Å². The molecule has 0 aliphatic rings. The van der Waals surface area contributed by atoms with E-state index >= 15 is 0 Å². The van der Waals surface area contributed by atoms with Gasteiger partial charge in [-0.2, -0.15) is 0 Å². The van der Waals surface area contributed by atoms with E-state index in [1.165, 1.54) is 0 Å². The SMILES string of the molecule is CC[C@@H](C)NC(=O)c1ccccc1NC(=O)C[C@@H](NC(N)=O)c1ccccc1C. The van der Waals surface area contributed by atoms with Crippen LogP contribution in [0.1, 0.15) is 54.2 Å². The van der Waals surface area contributed by atoms with E-state index in [-0.39, 0.29) is 24.3 Å². The molecule has 5 N–H and O–H groups in total. The quantitative estimate of drug-likeness (QED) is 0.549. The number of hydrogen-bond acceptors (Lipinski definition) is 3. The topological polar surface area (TPSA) is 113 Å². The third-order valence-electron chi connectivity index (χ3n) is 4.71. The van der Waals surface area contributed by atoms with E-state index in [1.807, 2.05) is 45.0 Å². The number of carbonyl (C=O) groups excluding carboxylic acids is 3. The molecule has 0 aromatic heterocycles. The lowest BCUT2D eigenvalue weighted by atomic mass is 9.98. The van der Waals surface area contributed by atoms with Gasteiger partial charge in [-0.05, 0) is 43.5 Å². The smallest absolute Gasteiger partial charge is 0.312 e. The van der Waals surface area contributed by atoms with Crippen molar-refractivity contribution in [3.05, 3.63) is 65.2 Å². The Morgan fingerprint density at radius 3 is 2.31 bits per heavy atom. The molecule has 0 aliphatic heterocycles. The molecule has 2 aromatic rings. The maximum absolute atomic E-state index is 12.7. The van der Waals surface area contributed by atoms with Crippen molar-refractivity contribution in [3.63, 3.8) is 0 Å². The molecule has 2 rings (SSSR count). The minimum atomic E-state index is -0.709. The molecule has 0 aliphatic carbocycles. The van der Waals surface area contributed by atoms with Crippen LogP contribution in [0.2, 0.25) is 0 Å². The summed E-state index contributed by atoms with van der Waals surface area (Å²) >= 11 is 0.